The monoisotopic (exact) mass is 249 g/mol. The molecule has 0 bridgehead atoms. The fourth-order valence-electron chi connectivity index (χ4n) is 3.61. The highest BCUT2D eigenvalue weighted by molar-refractivity contribution is 5.24. The van der Waals surface area contributed by atoms with Crippen LogP contribution in [0.25, 0.3) is 0 Å². The van der Waals surface area contributed by atoms with Gasteiger partial charge >= 0.3 is 0 Å². The highest BCUT2D eigenvalue weighted by Crippen LogP contribution is 2.33. The summed E-state index contributed by atoms with van der Waals surface area (Å²) in [5, 5.41) is 13.1. The van der Waals surface area contributed by atoms with Crippen LogP contribution in [0, 0.1) is 11.8 Å². The molecule has 100 valence electrons. The van der Waals surface area contributed by atoms with Crippen LogP contribution in [-0.4, -0.2) is 18.3 Å². The van der Waals surface area contributed by atoms with Crippen LogP contribution in [0.5, 0.6) is 0 Å². The van der Waals surface area contributed by atoms with Gasteiger partial charge in [0.25, 0.3) is 0 Å². The zero-order valence-corrected chi connectivity index (χ0v) is 10.9. The highest BCUT2D eigenvalue weighted by atomic mass is 16.3. The van der Waals surface area contributed by atoms with Crippen molar-refractivity contribution in [2.75, 3.05) is 13.2 Å². The summed E-state index contributed by atoms with van der Waals surface area (Å²) in [6.45, 7) is 1.40. The van der Waals surface area contributed by atoms with Gasteiger partial charge < -0.3 is 14.8 Å². The van der Waals surface area contributed by atoms with Crippen molar-refractivity contribution in [3.8, 4) is 0 Å². The van der Waals surface area contributed by atoms with Gasteiger partial charge in [-0.1, -0.05) is 6.42 Å². The molecule has 2 aliphatic carbocycles. The summed E-state index contributed by atoms with van der Waals surface area (Å²) in [5.74, 6) is 2.35. The molecule has 3 heteroatoms. The second-order valence-corrected chi connectivity index (χ2v) is 5.79. The lowest BCUT2D eigenvalue weighted by atomic mass is 9.91. The van der Waals surface area contributed by atoms with Gasteiger partial charge in [-0.3, -0.25) is 0 Å². The van der Waals surface area contributed by atoms with Crippen molar-refractivity contribution < 1.29 is 9.52 Å². The van der Waals surface area contributed by atoms with Crippen LogP contribution in [0.2, 0.25) is 0 Å². The average molecular weight is 249 g/mol. The molecular weight excluding hydrogens is 226 g/mol. The quantitative estimate of drug-likeness (QED) is 0.862. The third-order valence-corrected chi connectivity index (χ3v) is 4.73. The largest absolute Gasteiger partial charge is 0.469 e. The van der Waals surface area contributed by atoms with Gasteiger partial charge in [-0.05, 0) is 50.1 Å². The van der Waals surface area contributed by atoms with Crippen LogP contribution in [0.15, 0.2) is 16.7 Å². The van der Waals surface area contributed by atoms with E-state index in [0.29, 0.717) is 24.5 Å². The fourth-order valence-corrected chi connectivity index (χ4v) is 3.61. The molecule has 2 N–H and O–H groups in total. The summed E-state index contributed by atoms with van der Waals surface area (Å²) in [5.41, 5.74) is 1.36. The van der Waals surface area contributed by atoms with E-state index in [0.717, 1.165) is 13.0 Å². The van der Waals surface area contributed by atoms with Gasteiger partial charge in [-0.2, -0.15) is 0 Å². The Balaban J connectivity index is 1.58. The van der Waals surface area contributed by atoms with Gasteiger partial charge in [0, 0.05) is 24.6 Å². The number of furan rings is 1. The van der Waals surface area contributed by atoms with Crippen LogP contribution >= 0.6 is 0 Å². The van der Waals surface area contributed by atoms with E-state index in [9.17, 15) is 5.11 Å². The van der Waals surface area contributed by atoms with Crippen LogP contribution in [-0.2, 0) is 6.42 Å². The van der Waals surface area contributed by atoms with Gasteiger partial charge in [0.1, 0.15) is 5.76 Å². The van der Waals surface area contributed by atoms with Crippen molar-refractivity contribution in [2.24, 2.45) is 11.8 Å². The van der Waals surface area contributed by atoms with Crippen molar-refractivity contribution in [3.63, 3.8) is 0 Å². The number of fused-ring (bicyclic) bond motifs is 1. The lowest BCUT2D eigenvalue weighted by molar-refractivity contribution is 0.189. The average Bonchev–Trinajstić information content (AvgIpc) is 3.04. The van der Waals surface area contributed by atoms with E-state index >= 15 is 0 Å². The topological polar surface area (TPSA) is 45.4 Å². The number of aliphatic hydroxyl groups is 1. The molecule has 1 aromatic rings. The molecule has 1 aromatic heterocycles. The zero-order valence-electron chi connectivity index (χ0n) is 10.9. The number of hydrogen-bond donors (Lipinski definition) is 2. The second kappa shape index (κ2) is 5.45. The molecule has 1 saturated carbocycles. The molecular formula is C15H23NO2. The maximum absolute atomic E-state index is 9.36. The number of rotatable bonds is 4. The van der Waals surface area contributed by atoms with Crippen molar-refractivity contribution in [3.05, 3.63) is 23.7 Å². The van der Waals surface area contributed by atoms with E-state index < -0.39 is 0 Å². The first-order valence-electron chi connectivity index (χ1n) is 7.29. The predicted octanol–water partition coefficient (Wildman–Crippen LogP) is 2.66. The summed E-state index contributed by atoms with van der Waals surface area (Å²) in [6.07, 6.45) is 9.07. The van der Waals surface area contributed by atoms with Crippen molar-refractivity contribution in [2.45, 2.75) is 44.6 Å². The lowest BCUT2D eigenvalue weighted by Gasteiger charge is -2.26. The maximum Gasteiger partial charge on any atom is 0.108 e. The molecule has 3 atom stereocenters. The standard InChI is InChI=1S/C15H23NO2/c17-10-12-4-1-3-11(12)9-16-14-5-2-6-15-13(14)7-8-18-15/h7-8,11-12,14,16-17H,1-6,9-10H2. The Hall–Kier alpha value is -0.800. The van der Waals surface area contributed by atoms with Crippen LogP contribution in [0.1, 0.15) is 49.5 Å². The normalized spacial score (nSPS) is 31.5. The molecule has 3 rings (SSSR count). The summed E-state index contributed by atoms with van der Waals surface area (Å²) < 4.78 is 5.52. The highest BCUT2D eigenvalue weighted by Gasteiger charge is 2.28. The molecule has 0 aromatic carbocycles. The molecule has 0 aliphatic heterocycles. The first-order valence-corrected chi connectivity index (χ1v) is 7.29. The minimum atomic E-state index is 0.355. The van der Waals surface area contributed by atoms with E-state index in [1.165, 1.54) is 43.4 Å². The maximum atomic E-state index is 9.36. The Bertz CT molecular complexity index is 388. The van der Waals surface area contributed by atoms with E-state index in [1.54, 1.807) is 0 Å². The van der Waals surface area contributed by atoms with Crippen molar-refractivity contribution >= 4 is 0 Å². The molecule has 1 fully saturated rings. The van der Waals surface area contributed by atoms with E-state index in [2.05, 4.69) is 11.4 Å². The Kier molecular flexibility index (Phi) is 3.71. The molecule has 3 nitrogen and oxygen atoms in total. The molecule has 3 unspecified atom stereocenters. The molecule has 1 heterocycles. The summed E-state index contributed by atoms with van der Waals surface area (Å²) in [6, 6.07) is 2.58. The summed E-state index contributed by atoms with van der Waals surface area (Å²) in [4.78, 5) is 0. The van der Waals surface area contributed by atoms with Crippen LogP contribution < -0.4 is 5.32 Å². The van der Waals surface area contributed by atoms with Crippen LogP contribution in [0.3, 0.4) is 0 Å². The number of aryl methyl sites for hydroxylation is 1. The SMILES string of the molecule is OCC1CCCC1CNC1CCCc2occc21. The molecule has 18 heavy (non-hydrogen) atoms. The van der Waals surface area contributed by atoms with Gasteiger partial charge in [0.2, 0.25) is 0 Å². The predicted molar refractivity (Wildman–Crippen MR) is 70.3 cm³/mol. The third kappa shape index (κ3) is 2.34. The molecule has 0 radical (unpaired) electrons. The third-order valence-electron chi connectivity index (χ3n) is 4.73. The smallest absolute Gasteiger partial charge is 0.108 e. The first kappa shape index (κ1) is 12.2. The fraction of sp³-hybridized carbons (Fsp3) is 0.733. The van der Waals surface area contributed by atoms with Gasteiger partial charge in [0.05, 0.1) is 6.26 Å². The van der Waals surface area contributed by atoms with E-state index in [1.807, 2.05) is 6.26 Å². The molecule has 0 saturated heterocycles. The Morgan fingerprint density at radius 2 is 2.11 bits per heavy atom. The van der Waals surface area contributed by atoms with Crippen LogP contribution in [0.4, 0.5) is 0 Å². The Labute approximate surface area is 109 Å². The van der Waals surface area contributed by atoms with Crippen molar-refractivity contribution in [1.82, 2.24) is 5.32 Å². The van der Waals surface area contributed by atoms with Crippen molar-refractivity contribution in [1.29, 1.82) is 0 Å². The summed E-state index contributed by atoms with van der Waals surface area (Å²) in [7, 11) is 0. The number of aliphatic hydroxyl groups excluding tert-OH is 1. The lowest BCUT2D eigenvalue weighted by Crippen LogP contribution is -2.31. The first-order chi connectivity index (χ1) is 8.88. The zero-order chi connectivity index (χ0) is 12.4. The number of hydrogen-bond acceptors (Lipinski definition) is 3. The van der Waals surface area contributed by atoms with Gasteiger partial charge in [-0.15, -0.1) is 0 Å². The minimum absolute atomic E-state index is 0.355. The summed E-state index contributed by atoms with van der Waals surface area (Å²) >= 11 is 0. The van der Waals surface area contributed by atoms with E-state index in [4.69, 9.17) is 4.42 Å². The van der Waals surface area contributed by atoms with E-state index in [-0.39, 0.29) is 0 Å². The van der Waals surface area contributed by atoms with Gasteiger partial charge in [0.15, 0.2) is 0 Å². The van der Waals surface area contributed by atoms with Gasteiger partial charge in [-0.25, -0.2) is 0 Å². The molecule has 0 amide bonds. The Morgan fingerprint density at radius 3 is 3.00 bits per heavy atom. The minimum Gasteiger partial charge on any atom is -0.469 e. The molecule has 0 spiro atoms. The second-order valence-electron chi connectivity index (χ2n) is 5.79. The Morgan fingerprint density at radius 1 is 1.22 bits per heavy atom. The molecule has 2 aliphatic rings. The number of nitrogens with one attached hydrogen (secondary N) is 1.